The second-order valence-corrected chi connectivity index (χ2v) is 7.89. The molecule has 1 amide bonds. The lowest BCUT2D eigenvalue weighted by molar-refractivity contribution is 0.102. The molecule has 164 valence electrons. The quantitative estimate of drug-likeness (QED) is 0.500. The second kappa shape index (κ2) is 11.1. The van der Waals surface area contributed by atoms with Crippen LogP contribution in [0.4, 0.5) is 5.69 Å². The summed E-state index contributed by atoms with van der Waals surface area (Å²) in [7, 11) is 0. The zero-order valence-corrected chi connectivity index (χ0v) is 19.7. The van der Waals surface area contributed by atoms with Gasteiger partial charge in [0.25, 0.3) is 5.91 Å². The minimum Gasteiger partial charge on any atom is -0.348 e. The average molecular weight is 411 g/mol. The number of anilines is 1. The summed E-state index contributed by atoms with van der Waals surface area (Å²) in [6.45, 7) is 13.2. The Morgan fingerprint density at radius 2 is 1.57 bits per heavy atom. The molecule has 30 heavy (non-hydrogen) atoms. The lowest BCUT2D eigenvalue weighted by Crippen LogP contribution is -2.31. The normalized spacial score (nSPS) is 11.0. The monoisotopic (exact) mass is 410 g/mol. The van der Waals surface area contributed by atoms with Crippen molar-refractivity contribution in [2.24, 2.45) is 0 Å². The van der Waals surface area contributed by atoms with Crippen molar-refractivity contribution in [1.82, 2.24) is 4.57 Å². The Morgan fingerprint density at radius 3 is 2.07 bits per heavy atom. The van der Waals surface area contributed by atoms with Crippen LogP contribution in [-0.4, -0.2) is 10.5 Å². The van der Waals surface area contributed by atoms with Gasteiger partial charge in [-0.05, 0) is 50.2 Å². The van der Waals surface area contributed by atoms with Crippen LogP contribution in [0.25, 0.3) is 0 Å². The van der Waals surface area contributed by atoms with E-state index in [1.54, 1.807) is 0 Å². The first-order chi connectivity index (χ1) is 14.4. The third kappa shape index (κ3) is 4.85. The van der Waals surface area contributed by atoms with Crippen molar-refractivity contribution < 1.29 is 4.79 Å². The lowest BCUT2D eigenvalue weighted by atomic mass is 9.99. The molecule has 1 N–H and O–H groups in total. The molecule has 1 aromatic carbocycles. The fourth-order valence-corrected chi connectivity index (χ4v) is 4.38. The second-order valence-electron chi connectivity index (χ2n) is 7.89. The number of unbranched alkanes of at least 4 members (excludes halogenated alkanes) is 2. The van der Waals surface area contributed by atoms with Gasteiger partial charge in [-0.15, -0.1) is 0 Å². The Bertz CT molecular complexity index is 919. The van der Waals surface area contributed by atoms with E-state index >= 15 is 0 Å². The Morgan fingerprint density at radius 1 is 0.933 bits per heavy atom. The number of carbonyl (C=O) groups excluding carboxylic acids is 1. The molecule has 0 aliphatic carbocycles. The zero-order valence-electron chi connectivity index (χ0n) is 19.7. The van der Waals surface area contributed by atoms with Gasteiger partial charge in [-0.1, -0.05) is 65.7 Å². The molecule has 0 bridgehead atoms. The molecule has 0 unspecified atom stereocenters. The van der Waals surface area contributed by atoms with Crippen LogP contribution in [-0.2, 0) is 32.2 Å². The number of aryl methyl sites for hydroxylation is 2. The van der Waals surface area contributed by atoms with Gasteiger partial charge in [-0.25, -0.2) is 0 Å². The number of amides is 1. The molecule has 0 spiro atoms. The largest absolute Gasteiger partial charge is 0.348 e. The van der Waals surface area contributed by atoms with E-state index in [4.69, 9.17) is 0 Å². The maximum Gasteiger partial charge on any atom is 0.261 e. The average Bonchev–Trinajstić information content (AvgIpc) is 2.75. The first-order valence-electron chi connectivity index (χ1n) is 11.6. The number of carbonyl (C=O) groups is 1. The summed E-state index contributed by atoms with van der Waals surface area (Å²) in [5.74, 6) is -0.283. The Hall–Kier alpha value is -2.36. The van der Waals surface area contributed by atoms with Gasteiger partial charge in [0.2, 0.25) is 0 Å². The van der Waals surface area contributed by atoms with Crippen molar-refractivity contribution in [3.8, 4) is 0 Å². The molecular formula is C26H38N2O2. The van der Waals surface area contributed by atoms with E-state index in [1.165, 1.54) is 0 Å². The Kier molecular flexibility index (Phi) is 8.88. The predicted octanol–water partition coefficient (Wildman–Crippen LogP) is 5.85. The van der Waals surface area contributed by atoms with Gasteiger partial charge >= 0.3 is 0 Å². The lowest BCUT2D eigenvalue weighted by Gasteiger charge is -2.22. The highest BCUT2D eigenvalue weighted by Crippen LogP contribution is 2.24. The number of benzene rings is 1. The molecule has 1 aromatic heterocycles. The van der Waals surface area contributed by atoms with Crippen molar-refractivity contribution in [3.05, 3.63) is 62.1 Å². The first-order valence-corrected chi connectivity index (χ1v) is 11.6. The van der Waals surface area contributed by atoms with E-state index in [9.17, 15) is 9.59 Å². The molecule has 0 fully saturated rings. The van der Waals surface area contributed by atoms with Gasteiger partial charge in [-0.3, -0.25) is 9.59 Å². The summed E-state index contributed by atoms with van der Waals surface area (Å²) in [5, 5.41) is 3.11. The molecule has 4 nitrogen and oxygen atoms in total. The number of para-hydroxylation sites is 1. The summed E-state index contributed by atoms with van der Waals surface area (Å²) < 4.78 is 2.22. The molecule has 2 rings (SSSR count). The molecule has 0 saturated carbocycles. The summed E-state index contributed by atoms with van der Waals surface area (Å²) in [4.78, 5) is 26.8. The van der Waals surface area contributed by atoms with Crippen LogP contribution < -0.4 is 10.7 Å². The van der Waals surface area contributed by atoms with Gasteiger partial charge in [-0.2, -0.15) is 0 Å². The fraction of sp³-hybridized carbons (Fsp3) is 0.538. The van der Waals surface area contributed by atoms with Crippen LogP contribution >= 0.6 is 0 Å². The van der Waals surface area contributed by atoms with Crippen LogP contribution in [0.3, 0.4) is 0 Å². The van der Waals surface area contributed by atoms with Crippen LogP contribution in [0.15, 0.2) is 23.0 Å². The van der Waals surface area contributed by atoms with E-state index < -0.39 is 0 Å². The fourth-order valence-electron chi connectivity index (χ4n) is 4.38. The zero-order chi connectivity index (χ0) is 22.3. The SMILES string of the molecule is CCCCCn1c(C)c(C(=O)Nc2c(CC)cccc2CC)c(=O)c(CC)c1CC. The summed E-state index contributed by atoms with van der Waals surface area (Å²) in [5.41, 5.74) is 5.90. The predicted molar refractivity (Wildman–Crippen MR) is 127 cm³/mol. The van der Waals surface area contributed by atoms with E-state index in [0.717, 1.165) is 78.8 Å². The van der Waals surface area contributed by atoms with E-state index in [0.29, 0.717) is 12.0 Å². The van der Waals surface area contributed by atoms with E-state index in [-0.39, 0.29) is 11.3 Å². The third-order valence-electron chi connectivity index (χ3n) is 6.08. The Labute approximate surface area is 181 Å². The summed E-state index contributed by atoms with van der Waals surface area (Å²) in [6, 6.07) is 6.12. The van der Waals surface area contributed by atoms with Gasteiger partial charge < -0.3 is 9.88 Å². The van der Waals surface area contributed by atoms with Crippen LogP contribution in [0, 0.1) is 6.92 Å². The smallest absolute Gasteiger partial charge is 0.261 e. The number of rotatable bonds is 10. The van der Waals surface area contributed by atoms with Crippen LogP contribution in [0.1, 0.15) is 92.3 Å². The highest BCUT2D eigenvalue weighted by atomic mass is 16.2. The number of nitrogens with one attached hydrogen (secondary N) is 1. The summed E-state index contributed by atoms with van der Waals surface area (Å²) in [6.07, 6.45) is 6.44. The molecule has 0 radical (unpaired) electrons. The number of hydrogen-bond acceptors (Lipinski definition) is 2. The van der Waals surface area contributed by atoms with Crippen molar-refractivity contribution in [2.75, 3.05) is 5.32 Å². The van der Waals surface area contributed by atoms with Gasteiger partial charge in [0.05, 0.1) is 0 Å². The maximum absolute atomic E-state index is 13.4. The van der Waals surface area contributed by atoms with E-state index in [2.05, 4.69) is 37.6 Å². The van der Waals surface area contributed by atoms with Crippen molar-refractivity contribution in [1.29, 1.82) is 0 Å². The van der Waals surface area contributed by atoms with Gasteiger partial charge in [0.1, 0.15) is 5.56 Å². The highest BCUT2D eigenvalue weighted by molar-refractivity contribution is 6.06. The molecule has 0 aliphatic rings. The number of hydrogen-bond donors (Lipinski definition) is 1. The van der Waals surface area contributed by atoms with E-state index in [1.807, 2.05) is 32.0 Å². The van der Waals surface area contributed by atoms with Gasteiger partial charge in [0.15, 0.2) is 5.43 Å². The van der Waals surface area contributed by atoms with Crippen LogP contribution in [0.5, 0.6) is 0 Å². The van der Waals surface area contributed by atoms with Crippen molar-refractivity contribution in [3.63, 3.8) is 0 Å². The van der Waals surface area contributed by atoms with Crippen molar-refractivity contribution in [2.45, 2.75) is 93.0 Å². The first kappa shape index (κ1) is 23.9. The minimum atomic E-state index is -0.283. The molecule has 0 atom stereocenters. The number of nitrogens with zero attached hydrogens (tertiary/aromatic N) is 1. The molecular weight excluding hydrogens is 372 g/mol. The molecule has 1 heterocycles. The highest BCUT2D eigenvalue weighted by Gasteiger charge is 2.23. The van der Waals surface area contributed by atoms with Crippen molar-refractivity contribution >= 4 is 11.6 Å². The summed E-state index contributed by atoms with van der Waals surface area (Å²) >= 11 is 0. The van der Waals surface area contributed by atoms with Gasteiger partial charge in [0, 0.05) is 29.2 Å². The standard InChI is InChI=1S/C26H38N2O2/c1-7-12-13-17-28-18(6)23(25(29)21(10-4)22(28)11-5)26(30)27-24-19(8-2)15-14-16-20(24)9-3/h14-16H,7-13,17H2,1-6H3,(H,27,30). The maximum atomic E-state index is 13.4. The minimum absolute atomic E-state index is 0.108. The Balaban J connectivity index is 2.60. The molecule has 4 heteroatoms. The topological polar surface area (TPSA) is 51.1 Å². The third-order valence-corrected chi connectivity index (χ3v) is 6.08. The number of pyridine rings is 1. The molecule has 0 aliphatic heterocycles. The molecule has 2 aromatic rings. The number of aromatic nitrogens is 1. The van der Waals surface area contributed by atoms with Crippen LogP contribution in [0.2, 0.25) is 0 Å². The molecule has 0 saturated heterocycles.